The Morgan fingerprint density at radius 2 is 1.65 bits per heavy atom. The zero-order valence-corrected chi connectivity index (χ0v) is 29.4. The largest absolute Gasteiger partial charge is 0.477 e. The topological polar surface area (TPSA) is 264 Å². The first-order chi connectivity index (χ1) is 24.5. The van der Waals surface area contributed by atoms with Gasteiger partial charge in [-0.1, -0.05) is 11.6 Å². The lowest BCUT2D eigenvalue weighted by Gasteiger charge is -2.58. The number of rotatable bonds is 12. The van der Waals surface area contributed by atoms with E-state index in [0.29, 0.717) is 9.80 Å². The fourth-order valence-electron chi connectivity index (χ4n) is 5.47. The molecule has 2 saturated heterocycles. The summed E-state index contributed by atoms with van der Waals surface area (Å²) < 4.78 is 15.1. The molecule has 7 amide bonds. The number of nitrogens with zero attached hydrogens (tertiary/aromatic N) is 3. The van der Waals surface area contributed by atoms with Crippen molar-refractivity contribution < 1.29 is 67.3 Å². The Bertz CT molecular complexity index is 1820. The summed E-state index contributed by atoms with van der Waals surface area (Å²) in [5, 5.41) is 16.7. The molecular formula is C30H31ClN6O14S. The van der Waals surface area contributed by atoms with Crippen molar-refractivity contribution in [1.29, 1.82) is 0 Å². The zero-order valence-electron chi connectivity index (χ0n) is 27.8. The molecule has 0 aromatic heterocycles. The predicted octanol–water partition coefficient (Wildman–Crippen LogP) is -0.993. The monoisotopic (exact) mass is 766 g/mol. The minimum absolute atomic E-state index is 0.0133. The molecule has 1 aromatic rings. The van der Waals surface area contributed by atoms with Crippen molar-refractivity contribution in [1.82, 2.24) is 30.7 Å². The second-order valence-corrected chi connectivity index (χ2v) is 12.7. The van der Waals surface area contributed by atoms with Gasteiger partial charge in [-0.15, -0.1) is 11.8 Å². The van der Waals surface area contributed by atoms with Gasteiger partial charge in [0.15, 0.2) is 22.5 Å². The number of likely N-dealkylation sites (N-methyl/N-ethyl adjacent to an activating group) is 1. The Morgan fingerprint density at radius 3 is 2.21 bits per heavy atom. The minimum Gasteiger partial charge on any atom is -0.477 e. The van der Waals surface area contributed by atoms with Crippen molar-refractivity contribution in [3.05, 3.63) is 34.0 Å². The molecule has 0 bridgehead atoms. The van der Waals surface area contributed by atoms with Crippen LogP contribution in [0.1, 0.15) is 39.3 Å². The number of hydrogen-bond donors (Lipinski definition) is 4. The number of thioether (sulfide) groups is 1. The van der Waals surface area contributed by atoms with Crippen LogP contribution in [0, 0.1) is 0 Å². The molecule has 3 aliphatic rings. The molecule has 3 aliphatic heterocycles. The maximum absolute atomic E-state index is 14.1. The van der Waals surface area contributed by atoms with Gasteiger partial charge in [0.1, 0.15) is 18.3 Å². The number of halogens is 1. The number of aliphatic carboxylic acids is 1. The fraction of sp³-hybridized carbons (Fsp3) is 0.400. The molecule has 20 nitrogen and oxygen atoms in total. The molecular weight excluding hydrogens is 736 g/mol. The van der Waals surface area contributed by atoms with Crippen molar-refractivity contribution in [3.8, 4) is 11.5 Å². The van der Waals surface area contributed by atoms with Gasteiger partial charge in [-0.05, 0) is 13.0 Å². The fourth-order valence-corrected chi connectivity index (χ4v) is 7.12. The Kier molecular flexibility index (Phi) is 11.8. The first kappa shape index (κ1) is 39.1. The van der Waals surface area contributed by atoms with E-state index in [1.807, 2.05) is 0 Å². The van der Waals surface area contributed by atoms with Crippen LogP contribution in [0.3, 0.4) is 0 Å². The van der Waals surface area contributed by atoms with Gasteiger partial charge in [0.05, 0.1) is 5.02 Å². The van der Waals surface area contributed by atoms with Crippen LogP contribution >= 0.6 is 23.4 Å². The van der Waals surface area contributed by atoms with Crippen LogP contribution in [0.2, 0.25) is 5.02 Å². The molecule has 22 heteroatoms. The number of β-lactam (4-membered cyclic amide) rings is 1. The number of carbonyl (C=O) groups is 10. The Labute approximate surface area is 303 Å². The van der Waals surface area contributed by atoms with Crippen LogP contribution in [0.4, 0.5) is 4.79 Å². The van der Waals surface area contributed by atoms with Crippen LogP contribution in [0.25, 0.3) is 0 Å². The lowest BCUT2D eigenvalue weighted by atomic mass is 9.96. The van der Waals surface area contributed by atoms with E-state index in [4.69, 9.17) is 25.8 Å². The number of urea groups is 1. The summed E-state index contributed by atoms with van der Waals surface area (Å²) >= 11 is 7.30. The molecule has 4 N–H and O–H groups in total. The molecule has 3 atom stereocenters. The van der Waals surface area contributed by atoms with Crippen LogP contribution in [0.5, 0.6) is 11.5 Å². The predicted molar refractivity (Wildman–Crippen MR) is 174 cm³/mol. The molecule has 0 saturated carbocycles. The van der Waals surface area contributed by atoms with Gasteiger partial charge >= 0.3 is 41.7 Å². The van der Waals surface area contributed by atoms with Crippen molar-refractivity contribution in [2.24, 2.45) is 0 Å². The quantitative estimate of drug-likeness (QED) is 0.0654. The van der Waals surface area contributed by atoms with E-state index in [1.54, 1.807) is 6.92 Å². The average Bonchev–Trinajstić information content (AvgIpc) is 3.06. The van der Waals surface area contributed by atoms with E-state index < -0.39 is 88.7 Å². The number of carbonyl (C=O) groups excluding carboxylic acids is 9. The van der Waals surface area contributed by atoms with E-state index in [1.165, 1.54) is 4.90 Å². The van der Waals surface area contributed by atoms with E-state index >= 15 is 0 Å². The van der Waals surface area contributed by atoms with Crippen molar-refractivity contribution >= 4 is 83.3 Å². The third-order valence-electron chi connectivity index (χ3n) is 7.77. The highest BCUT2D eigenvalue weighted by molar-refractivity contribution is 8.01. The zero-order chi connectivity index (χ0) is 38.7. The van der Waals surface area contributed by atoms with Gasteiger partial charge in [-0.25, -0.2) is 9.59 Å². The number of carboxylic acids is 1. The number of hydrogen-bond acceptors (Lipinski definition) is 14. The summed E-state index contributed by atoms with van der Waals surface area (Å²) in [7, 11) is 0. The van der Waals surface area contributed by atoms with Gasteiger partial charge in [0.25, 0.3) is 5.91 Å². The smallest absolute Gasteiger partial charge is 0.352 e. The van der Waals surface area contributed by atoms with E-state index in [9.17, 15) is 53.1 Å². The summed E-state index contributed by atoms with van der Waals surface area (Å²) in [6, 6.07) is -2.92. The first-order valence-electron chi connectivity index (χ1n) is 15.2. The van der Waals surface area contributed by atoms with Gasteiger partial charge in [-0.3, -0.25) is 48.2 Å². The van der Waals surface area contributed by atoms with Gasteiger partial charge in [-0.2, -0.15) is 0 Å². The Hall–Kier alpha value is -5.70. The number of amides is 7. The van der Waals surface area contributed by atoms with Gasteiger partial charge < -0.3 is 40.2 Å². The number of ether oxygens (including phenoxy) is 3. The van der Waals surface area contributed by atoms with E-state index in [2.05, 4.69) is 16.0 Å². The molecule has 2 fully saturated rings. The highest BCUT2D eigenvalue weighted by Crippen LogP contribution is 2.48. The molecule has 278 valence electrons. The summed E-state index contributed by atoms with van der Waals surface area (Å²) in [4.78, 5) is 126. The van der Waals surface area contributed by atoms with E-state index in [0.717, 1.165) is 44.7 Å². The van der Waals surface area contributed by atoms with Crippen LogP contribution in [-0.2, 0) is 47.9 Å². The summed E-state index contributed by atoms with van der Waals surface area (Å²) in [6.07, 6.45) is 0.163. The molecule has 2 unspecified atom stereocenters. The number of benzene rings is 1. The maximum Gasteiger partial charge on any atom is 0.352 e. The lowest BCUT2D eigenvalue weighted by Crippen LogP contribution is -2.83. The standard InChI is InChI=1S/C30H31ClN6O14S/c1-5-35-6-7-36(27(45)26(35)44)29(48)33-21(17-8-19(50-14(3)40)20(9-18(17)31)51-15(4)41)24(42)34-23-25(43)37-22(28(46)47)16(10-49-13(2)39)11-52-30(23,37)32-12-38/h8-9,12,21,23H,5-7,10-11H2,1-4H3,(H,32,38)(H,33,48)(H,34,42)(H,46,47)/t21?,23-,30?/m1/s1. The van der Waals surface area contributed by atoms with Crippen LogP contribution in [-0.4, -0.2) is 123 Å². The molecule has 52 heavy (non-hydrogen) atoms. The third-order valence-corrected chi connectivity index (χ3v) is 9.56. The van der Waals surface area contributed by atoms with Crippen molar-refractivity contribution in [2.75, 3.05) is 32.0 Å². The highest BCUT2D eigenvalue weighted by Gasteiger charge is 2.66. The van der Waals surface area contributed by atoms with Crippen molar-refractivity contribution in [2.45, 2.75) is 44.8 Å². The lowest BCUT2D eigenvalue weighted by molar-refractivity contribution is -0.160. The van der Waals surface area contributed by atoms with Gasteiger partial charge in [0.2, 0.25) is 12.3 Å². The number of nitrogens with one attached hydrogen (secondary N) is 3. The number of fused-ring (bicyclic) bond motifs is 1. The van der Waals surface area contributed by atoms with Crippen LogP contribution < -0.4 is 25.4 Å². The Balaban J connectivity index is 1.76. The van der Waals surface area contributed by atoms with E-state index in [-0.39, 0.29) is 53.7 Å². The average molecular weight is 767 g/mol. The molecule has 0 aliphatic carbocycles. The van der Waals surface area contributed by atoms with Crippen LogP contribution in [0.15, 0.2) is 23.4 Å². The van der Waals surface area contributed by atoms with Gasteiger partial charge in [0, 0.05) is 63.4 Å². The molecule has 1 aromatic carbocycles. The first-order valence-corrected chi connectivity index (χ1v) is 16.5. The number of piperazine rings is 1. The molecule has 0 spiro atoms. The number of imide groups is 1. The molecule has 4 rings (SSSR count). The highest BCUT2D eigenvalue weighted by atomic mass is 35.5. The maximum atomic E-state index is 14.1. The molecule has 0 radical (unpaired) electrons. The second kappa shape index (κ2) is 15.7. The normalized spacial score (nSPS) is 20.2. The summed E-state index contributed by atoms with van der Waals surface area (Å²) in [5.41, 5.74) is -0.920. The SMILES string of the molecule is CCN1CCN(C(=O)NC(C(=O)N[C@@H]2C(=O)N3C(C(=O)O)=C(COC(C)=O)CSC23NC=O)c2cc(OC(C)=O)c(OC(C)=O)cc2Cl)C(=O)C1=O. The third kappa shape index (κ3) is 7.64. The summed E-state index contributed by atoms with van der Waals surface area (Å²) in [6.45, 7) is 4.17. The number of carboxylic acid groups (broad SMARTS) is 1. The van der Waals surface area contributed by atoms with Crippen molar-refractivity contribution in [3.63, 3.8) is 0 Å². The molecule has 3 heterocycles. The number of esters is 3. The second-order valence-electron chi connectivity index (χ2n) is 11.1. The summed E-state index contributed by atoms with van der Waals surface area (Å²) in [5.74, 6) is -9.50. The minimum atomic E-state index is -1.95. The Morgan fingerprint density at radius 1 is 1.02 bits per heavy atom.